The van der Waals surface area contributed by atoms with Gasteiger partial charge in [0.1, 0.15) is 5.15 Å². The number of alkyl halides is 3. The first kappa shape index (κ1) is 12.4. The van der Waals surface area contributed by atoms with Gasteiger partial charge in [-0.15, -0.1) is 0 Å². The molecule has 0 saturated heterocycles. The first-order chi connectivity index (χ1) is 6.88. The number of rotatable bonds is 2. The zero-order valence-electron chi connectivity index (χ0n) is 7.72. The molecule has 0 aliphatic carbocycles. The summed E-state index contributed by atoms with van der Waals surface area (Å²) in [5.74, 6) is 0.336. The van der Waals surface area contributed by atoms with Gasteiger partial charge in [-0.2, -0.15) is 30.9 Å². The minimum Gasteiger partial charge on any atom is -0.256 e. The first-order valence-electron chi connectivity index (χ1n) is 3.95. The summed E-state index contributed by atoms with van der Waals surface area (Å²) in [4.78, 5) is 0. The molecule has 0 aliphatic rings. The van der Waals surface area contributed by atoms with Gasteiger partial charge in [0, 0.05) is 18.4 Å². The zero-order valence-corrected chi connectivity index (χ0v) is 9.37. The third-order valence-electron chi connectivity index (χ3n) is 1.67. The lowest BCUT2D eigenvalue weighted by atomic mass is 10.2. The van der Waals surface area contributed by atoms with Crippen LogP contribution in [0.3, 0.4) is 0 Å². The summed E-state index contributed by atoms with van der Waals surface area (Å²) in [7, 11) is 1.36. The second-order valence-corrected chi connectivity index (χ2v) is 3.48. The van der Waals surface area contributed by atoms with Crippen molar-refractivity contribution in [1.82, 2.24) is 9.78 Å². The number of aryl methyl sites for hydroxylation is 1. The van der Waals surface area contributed by atoms with Crippen molar-refractivity contribution < 1.29 is 13.2 Å². The van der Waals surface area contributed by atoms with Crippen LogP contribution in [0.4, 0.5) is 13.2 Å². The van der Waals surface area contributed by atoms with Gasteiger partial charge in [-0.05, 0) is 0 Å². The lowest BCUT2D eigenvalue weighted by Crippen LogP contribution is -2.08. The van der Waals surface area contributed by atoms with Gasteiger partial charge in [0.2, 0.25) is 0 Å². The van der Waals surface area contributed by atoms with Crippen LogP contribution in [0.25, 0.3) is 6.08 Å². The van der Waals surface area contributed by atoms with E-state index < -0.39 is 11.9 Å². The van der Waals surface area contributed by atoms with Crippen molar-refractivity contribution in [2.75, 3.05) is 5.75 Å². The van der Waals surface area contributed by atoms with Crippen molar-refractivity contribution in [3.8, 4) is 0 Å². The molecule has 0 radical (unpaired) electrons. The summed E-state index contributed by atoms with van der Waals surface area (Å²) in [6.45, 7) is 0. The van der Waals surface area contributed by atoms with Crippen molar-refractivity contribution in [3.05, 3.63) is 22.5 Å². The average Bonchev–Trinajstić information content (AvgIpc) is 2.40. The quantitative estimate of drug-likeness (QED) is 0.806. The normalized spacial score (nSPS) is 12.7. The van der Waals surface area contributed by atoms with Crippen LogP contribution < -0.4 is 0 Å². The van der Waals surface area contributed by atoms with Gasteiger partial charge in [0.15, 0.2) is 5.69 Å². The molecule has 0 bridgehead atoms. The Morgan fingerprint density at radius 1 is 1.53 bits per heavy atom. The van der Waals surface area contributed by atoms with E-state index in [1.54, 1.807) is 0 Å². The molecular formula is C8H8ClF3N2S. The fourth-order valence-electron chi connectivity index (χ4n) is 1.05. The van der Waals surface area contributed by atoms with Crippen LogP contribution in [0.1, 0.15) is 11.3 Å². The summed E-state index contributed by atoms with van der Waals surface area (Å²) in [6, 6.07) is 0. The molecule has 0 spiro atoms. The van der Waals surface area contributed by atoms with Gasteiger partial charge in [-0.1, -0.05) is 23.8 Å². The lowest BCUT2D eigenvalue weighted by Gasteiger charge is -2.02. The van der Waals surface area contributed by atoms with E-state index in [1.165, 1.54) is 19.2 Å². The van der Waals surface area contributed by atoms with E-state index in [0.29, 0.717) is 5.75 Å². The zero-order chi connectivity index (χ0) is 11.6. The molecule has 1 heterocycles. The fraction of sp³-hybridized carbons (Fsp3) is 0.375. The van der Waals surface area contributed by atoms with Crippen molar-refractivity contribution >= 4 is 30.3 Å². The SMILES string of the molecule is Cn1nc(C(F)(F)F)c(C=CCS)c1Cl. The van der Waals surface area contributed by atoms with Crippen LogP contribution in [0.15, 0.2) is 6.08 Å². The largest absolute Gasteiger partial charge is 0.435 e. The molecule has 0 fully saturated rings. The minimum atomic E-state index is -4.50. The standard InChI is InChI=1S/C8H8ClF3N2S/c1-14-7(9)5(3-2-4-15)6(13-14)8(10,11)12/h2-3,15H,4H2,1H3. The monoisotopic (exact) mass is 256 g/mol. The highest BCUT2D eigenvalue weighted by atomic mass is 35.5. The summed E-state index contributed by atoms with van der Waals surface area (Å²) in [5, 5.41) is 3.28. The van der Waals surface area contributed by atoms with E-state index >= 15 is 0 Å². The van der Waals surface area contributed by atoms with E-state index in [0.717, 1.165) is 4.68 Å². The smallest absolute Gasteiger partial charge is 0.256 e. The number of hydrogen-bond donors (Lipinski definition) is 1. The third kappa shape index (κ3) is 2.69. The van der Waals surface area contributed by atoms with Crippen LogP contribution in [0, 0.1) is 0 Å². The van der Waals surface area contributed by atoms with E-state index in [4.69, 9.17) is 11.6 Å². The van der Waals surface area contributed by atoms with Crippen molar-refractivity contribution in [2.24, 2.45) is 7.05 Å². The highest BCUT2D eigenvalue weighted by Crippen LogP contribution is 2.34. The molecule has 2 nitrogen and oxygen atoms in total. The Hall–Kier alpha value is -0.620. The van der Waals surface area contributed by atoms with Gasteiger partial charge in [0.05, 0.1) is 0 Å². The second-order valence-electron chi connectivity index (χ2n) is 2.76. The molecule has 0 N–H and O–H groups in total. The van der Waals surface area contributed by atoms with E-state index in [2.05, 4.69) is 17.7 Å². The topological polar surface area (TPSA) is 17.8 Å². The first-order valence-corrected chi connectivity index (χ1v) is 4.96. The molecule has 1 aromatic heterocycles. The van der Waals surface area contributed by atoms with Gasteiger partial charge >= 0.3 is 6.18 Å². The van der Waals surface area contributed by atoms with Gasteiger partial charge in [-0.25, -0.2) is 0 Å². The van der Waals surface area contributed by atoms with E-state index in [-0.39, 0.29) is 10.7 Å². The van der Waals surface area contributed by atoms with E-state index in [9.17, 15) is 13.2 Å². The molecule has 0 saturated carbocycles. The number of thiol groups is 1. The summed E-state index contributed by atoms with van der Waals surface area (Å²) < 4.78 is 38.4. The maximum absolute atomic E-state index is 12.5. The van der Waals surface area contributed by atoms with Crippen LogP contribution in [-0.2, 0) is 13.2 Å². The Labute approximate surface area is 95.1 Å². The van der Waals surface area contributed by atoms with Crippen molar-refractivity contribution in [1.29, 1.82) is 0 Å². The maximum atomic E-state index is 12.5. The molecule has 15 heavy (non-hydrogen) atoms. The van der Waals surface area contributed by atoms with Gasteiger partial charge < -0.3 is 0 Å². The van der Waals surface area contributed by atoms with E-state index in [1.807, 2.05) is 0 Å². The Balaban J connectivity index is 3.27. The summed E-state index contributed by atoms with van der Waals surface area (Å²) in [5.41, 5.74) is -1.10. The summed E-state index contributed by atoms with van der Waals surface area (Å²) in [6.07, 6.45) is -1.76. The Kier molecular flexibility index (Phi) is 3.72. The van der Waals surface area contributed by atoms with Crippen molar-refractivity contribution in [3.63, 3.8) is 0 Å². The lowest BCUT2D eigenvalue weighted by molar-refractivity contribution is -0.141. The van der Waals surface area contributed by atoms with Crippen LogP contribution in [0.5, 0.6) is 0 Å². The Morgan fingerprint density at radius 2 is 2.13 bits per heavy atom. The van der Waals surface area contributed by atoms with Gasteiger partial charge in [-0.3, -0.25) is 4.68 Å². The van der Waals surface area contributed by atoms with Crippen molar-refractivity contribution in [2.45, 2.75) is 6.18 Å². The Morgan fingerprint density at radius 3 is 2.60 bits per heavy atom. The maximum Gasteiger partial charge on any atom is 0.435 e. The van der Waals surface area contributed by atoms with Crippen LogP contribution in [0.2, 0.25) is 5.15 Å². The van der Waals surface area contributed by atoms with Crippen LogP contribution >= 0.6 is 24.2 Å². The molecule has 1 rings (SSSR count). The second kappa shape index (κ2) is 4.49. The molecule has 0 atom stereocenters. The molecule has 0 unspecified atom stereocenters. The predicted octanol–water partition coefficient (Wildman–Crippen LogP) is 3.04. The fourth-order valence-corrected chi connectivity index (χ4v) is 1.34. The molecule has 7 heteroatoms. The number of nitrogens with zero attached hydrogens (tertiary/aromatic N) is 2. The predicted molar refractivity (Wildman–Crippen MR) is 56.1 cm³/mol. The average molecular weight is 257 g/mol. The number of aromatic nitrogens is 2. The number of hydrogen-bond acceptors (Lipinski definition) is 2. The van der Waals surface area contributed by atoms with Crippen LogP contribution in [-0.4, -0.2) is 15.5 Å². The molecule has 0 amide bonds. The Bertz CT molecular complexity index is 384. The molecule has 0 aromatic carbocycles. The molecule has 84 valence electrons. The molecule has 1 aromatic rings. The highest BCUT2D eigenvalue weighted by molar-refractivity contribution is 7.80. The third-order valence-corrected chi connectivity index (χ3v) is 2.33. The summed E-state index contributed by atoms with van der Waals surface area (Å²) >= 11 is 9.54. The van der Waals surface area contributed by atoms with Gasteiger partial charge in [0.25, 0.3) is 0 Å². The molecule has 0 aliphatic heterocycles. The molecular weight excluding hydrogens is 249 g/mol. The number of halogens is 4. The highest BCUT2D eigenvalue weighted by Gasteiger charge is 2.37. The minimum absolute atomic E-state index is 0.0413.